The Hall–Kier alpha value is -1.90. The molecule has 0 aliphatic carbocycles. The number of nitrogens with one attached hydrogen (secondary N) is 1. The van der Waals surface area contributed by atoms with Crippen molar-refractivity contribution in [2.75, 3.05) is 39.2 Å². The van der Waals surface area contributed by atoms with Gasteiger partial charge in [-0.15, -0.1) is 10.2 Å². The Morgan fingerprint density at radius 2 is 2.05 bits per heavy atom. The minimum atomic E-state index is -4.33. The third kappa shape index (κ3) is 5.83. The van der Waals surface area contributed by atoms with Crippen LogP contribution in [0.1, 0.15) is 10.5 Å². The monoisotopic (exact) mass is 292 g/mol. The number of anilines is 1. The average Bonchev–Trinajstić information content (AvgIpc) is 2.37. The molecule has 9 heteroatoms. The number of nitrogens with zero attached hydrogens (tertiary/aromatic N) is 3. The molecule has 0 aromatic carbocycles. The number of aromatic nitrogens is 2. The molecule has 1 amide bonds. The summed E-state index contributed by atoms with van der Waals surface area (Å²) in [6, 6.07) is 3.00. The van der Waals surface area contributed by atoms with Crippen LogP contribution in [0.2, 0.25) is 0 Å². The maximum absolute atomic E-state index is 11.8. The predicted molar refractivity (Wildman–Crippen MR) is 65.4 cm³/mol. The van der Waals surface area contributed by atoms with Gasteiger partial charge in [0.05, 0.1) is 6.61 Å². The molecule has 0 saturated heterocycles. The zero-order valence-electron chi connectivity index (χ0n) is 11.1. The fourth-order valence-corrected chi connectivity index (χ4v) is 1.21. The zero-order valence-corrected chi connectivity index (χ0v) is 11.1. The van der Waals surface area contributed by atoms with Gasteiger partial charge in [0.2, 0.25) is 0 Å². The molecule has 0 fully saturated rings. The van der Waals surface area contributed by atoms with E-state index in [1.54, 1.807) is 14.1 Å². The molecule has 0 saturated carbocycles. The highest BCUT2D eigenvalue weighted by molar-refractivity contribution is 5.91. The Bertz CT molecular complexity index is 434. The van der Waals surface area contributed by atoms with Gasteiger partial charge in [-0.3, -0.25) is 4.79 Å². The van der Waals surface area contributed by atoms with Crippen LogP contribution in [0.25, 0.3) is 0 Å². The summed E-state index contributed by atoms with van der Waals surface area (Å²) in [6.07, 6.45) is -4.33. The molecule has 20 heavy (non-hydrogen) atoms. The molecule has 1 heterocycles. The standard InChI is InChI=1S/C11H15F3N4O2/c1-18(2)10(19)8-3-4-9(17-16-8)15-5-6-20-7-11(12,13)14/h3-4H,5-7H2,1-2H3,(H,15,17). The van der Waals surface area contributed by atoms with E-state index in [0.717, 1.165) is 0 Å². The summed E-state index contributed by atoms with van der Waals surface area (Å²) in [6.45, 7) is -1.23. The lowest BCUT2D eigenvalue weighted by Crippen LogP contribution is -2.23. The highest BCUT2D eigenvalue weighted by Gasteiger charge is 2.27. The maximum Gasteiger partial charge on any atom is 0.411 e. The fraction of sp³-hybridized carbons (Fsp3) is 0.545. The molecule has 0 unspecified atom stereocenters. The number of halogens is 3. The van der Waals surface area contributed by atoms with Crippen LogP contribution in [0.4, 0.5) is 19.0 Å². The first kappa shape index (κ1) is 16.2. The van der Waals surface area contributed by atoms with E-state index < -0.39 is 12.8 Å². The topological polar surface area (TPSA) is 67.4 Å². The van der Waals surface area contributed by atoms with Gasteiger partial charge in [0.25, 0.3) is 5.91 Å². The lowest BCUT2D eigenvalue weighted by atomic mass is 10.3. The number of hydrogen-bond acceptors (Lipinski definition) is 5. The molecule has 0 bridgehead atoms. The number of carbonyl (C=O) groups excluding carboxylic acids is 1. The summed E-state index contributed by atoms with van der Waals surface area (Å²) in [7, 11) is 3.18. The summed E-state index contributed by atoms with van der Waals surface area (Å²) < 4.78 is 39.8. The van der Waals surface area contributed by atoms with Crippen molar-refractivity contribution in [1.29, 1.82) is 0 Å². The first-order valence-electron chi connectivity index (χ1n) is 5.73. The number of amides is 1. The lowest BCUT2D eigenvalue weighted by molar-refractivity contribution is -0.172. The van der Waals surface area contributed by atoms with Gasteiger partial charge < -0.3 is 15.0 Å². The Labute approximate surface area is 113 Å². The largest absolute Gasteiger partial charge is 0.411 e. The fourth-order valence-electron chi connectivity index (χ4n) is 1.21. The molecule has 1 aromatic heterocycles. The minimum absolute atomic E-state index is 0.112. The summed E-state index contributed by atoms with van der Waals surface area (Å²) in [5, 5.41) is 10.2. The molecule has 112 valence electrons. The van der Waals surface area contributed by atoms with Crippen molar-refractivity contribution < 1.29 is 22.7 Å². The number of ether oxygens (including phenoxy) is 1. The van der Waals surface area contributed by atoms with Gasteiger partial charge in [0.15, 0.2) is 5.69 Å². The minimum Gasteiger partial charge on any atom is -0.370 e. The van der Waals surface area contributed by atoms with Gasteiger partial charge in [-0.25, -0.2) is 0 Å². The van der Waals surface area contributed by atoms with Crippen LogP contribution in [0.3, 0.4) is 0 Å². The average molecular weight is 292 g/mol. The van der Waals surface area contributed by atoms with Gasteiger partial charge in [0.1, 0.15) is 12.4 Å². The first-order chi connectivity index (χ1) is 9.29. The van der Waals surface area contributed by atoms with Crippen molar-refractivity contribution in [3.05, 3.63) is 17.8 Å². The molecule has 0 aliphatic heterocycles. The number of rotatable bonds is 6. The number of alkyl halides is 3. The summed E-state index contributed by atoms with van der Waals surface area (Å²) >= 11 is 0. The van der Waals surface area contributed by atoms with Crippen molar-refractivity contribution in [3.8, 4) is 0 Å². The molecular formula is C11H15F3N4O2. The van der Waals surface area contributed by atoms with Crippen LogP contribution < -0.4 is 5.32 Å². The van der Waals surface area contributed by atoms with E-state index in [1.807, 2.05) is 0 Å². The van der Waals surface area contributed by atoms with E-state index in [0.29, 0.717) is 5.82 Å². The van der Waals surface area contributed by atoms with Crippen LogP contribution in [0, 0.1) is 0 Å². The van der Waals surface area contributed by atoms with Crippen molar-refractivity contribution in [2.45, 2.75) is 6.18 Å². The predicted octanol–water partition coefficient (Wildman–Crippen LogP) is 1.17. The molecule has 1 rings (SSSR count). The number of hydrogen-bond donors (Lipinski definition) is 1. The Morgan fingerprint density at radius 1 is 1.35 bits per heavy atom. The van der Waals surface area contributed by atoms with Gasteiger partial charge >= 0.3 is 6.18 Å². The highest BCUT2D eigenvalue weighted by Crippen LogP contribution is 2.14. The third-order valence-corrected chi connectivity index (χ3v) is 2.11. The Morgan fingerprint density at radius 3 is 2.55 bits per heavy atom. The first-order valence-corrected chi connectivity index (χ1v) is 5.73. The molecule has 1 aromatic rings. The summed E-state index contributed by atoms with van der Waals surface area (Å²) in [5.41, 5.74) is 0.189. The van der Waals surface area contributed by atoms with Crippen molar-refractivity contribution >= 4 is 11.7 Å². The second-order valence-electron chi connectivity index (χ2n) is 4.10. The van der Waals surface area contributed by atoms with E-state index >= 15 is 0 Å². The molecule has 1 N–H and O–H groups in total. The second-order valence-corrected chi connectivity index (χ2v) is 4.10. The molecule has 0 radical (unpaired) electrons. The summed E-state index contributed by atoms with van der Waals surface area (Å²) in [5.74, 6) is 0.0773. The second kappa shape index (κ2) is 7.04. The van der Waals surface area contributed by atoms with E-state index in [1.165, 1.54) is 17.0 Å². The van der Waals surface area contributed by atoms with Crippen molar-refractivity contribution in [1.82, 2.24) is 15.1 Å². The normalized spacial score (nSPS) is 11.2. The third-order valence-electron chi connectivity index (χ3n) is 2.11. The molecule has 6 nitrogen and oxygen atoms in total. The van der Waals surface area contributed by atoms with Crippen LogP contribution in [-0.4, -0.2) is 61.0 Å². The van der Waals surface area contributed by atoms with Crippen LogP contribution in [0.15, 0.2) is 12.1 Å². The van der Waals surface area contributed by atoms with E-state index in [-0.39, 0.29) is 24.8 Å². The van der Waals surface area contributed by atoms with E-state index in [4.69, 9.17) is 0 Å². The van der Waals surface area contributed by atoms with Crippen LogP contribution >= 0.6 is 0 Å². The quantitative estimate of drug-likeness (QED) is 0.797. The van der Waals surface area contributed by atoms with Gasteiger partial charge in [-0.1, -0.05) is 0 Å². The Balaban J connectivity index is 2.34. The van der Waals surface area contributed by atoms with Gasteiger partial charge in [-0.2, -0.15) is 13.2 Å². The molecule has 0 atom stereocenters. The summed E-state index contributed by atoms with van der Waals surface area (Å²) in [4.78, 5) is 12.9. The SMILES string of the molecule is CN(C)C(=O)c1ccc(NCCOCC(F)(F)F)nn1. The molecular weight excluding hydrogens is 277 g/mol. The smallest absolute Gasteiger partial charge is 0.370 e. The van der Waals surface area contributed by atoms with Crippen molar-refractivity contribution in [3.63, 3.8) is 0 Å². The lowest BCUT2D eigenvalue weighted by Gasteiger charge is -2.10. The maximum atomic E-state index is 11.8. The molecule has 0 aliphatic rings. The zero-order chi connectivity index (χ0) is 15.2. The number of carbonyl (C=O) groups is 1. The van der Waals surface area contributed by atoms with Crippen LogP contribution in [0.5, 0.6) is 0 Å². The van der Waals surface area contributed by atoms with Crippen LogP contribution in [-0.2, 0) is 4.74 Å². The highest BCUT2D eigenvalue weighted by atomic mass is 19.4. The van der Waals surface area contributed by atoms with E-state index in [2.05, 4.69) is 20.3 Å². The van der Waals surface area contributed by atoms with Gasteiger partial charge in [-0.05, 0) is 12.1 Å². The van der Waals surface area contributed by atoms with Crippen molar-refractivity contribution in [2.24, 2.45) is 0 Å². The Kier molecular flexibility index (Phi) is 5.68. The van der Waals surface area contributed by atoms with E-state index in [9.17, 15) is 18.0 Å². The molecule has 0 spiro atoms. The van der Waals surface area contributed by atoms with Gasteiger partial charge in [0, 0.05) is 20.6 Å².